The second kappa shape index (κ2) is 14.9. The minimum Gasteiger partial charge on any atom is -0.508 e. The minimum absolute atomic E-state index is 0.0177. The average molecular weight is 907 g/mol. The van der Waals surface area contributed by atoms with Gasteiger partial charge in [-0.1, -0.05) is 48.5 Å². The van der Waals surface area contributed by atoms with E-state index in [0.29, 0.717) is 72.7 Å². The van der Waals surface area contributed by atoms with Crippen molar-refractivity contribution in [2.45, 2.75) is 47.7 Å². The van der Waals surface area contributed by atoms with Gasteiger partial charge in [0.25, 0.3) is 0 Å². The SMILES string of the molecule is Oc1ccc([C@H]2c3c(O)cc4c(c3[C@@H]3c5c(O)cc6c(c5[C@H]2[C@H]3c2ccc(O)cc2)[C@H](c2cc(O)cc(O)c2)[C@H](c2ccc(O)cc2)O6)[C@H](c2cc(O)cc(O)c2)[C@@H](c2ccc(O)cc2)O4)cc1. The second-order valence-corrected chi connectivity index (χ2v) is 18.2. The lowest BCUT2D eigenvalue weighted by Crippen LogP contribution is -2.28. The van der Waals surface area contributed by atoms with Gasteiger partial charge in [0.15, 0.2) is 0 Å². The van der Waals surface area contributed by atoms with Crippen LogP contribution in [0.4, 0.5) is 0 Å². The molecule has 2 aliphatic heterocycles. The van der Waals surface area contributed by atoms with Gasteiger partial charge in [-0.2, -0.15) is 0 Å². The number of hydrogen-bond acceptors (Lipinski definition) is 12. The van der Waals surface area contributed by atoms with E-state index in [4.69, 9.17) is 9.47 Å². The van der Waals surface area contributed by atoms with Crippen LogP contribution < -0.4 is 9.47 Å². The van der Waals surface area contributed by atoms with E-state index in [2.05, 4.69) is 0 Å². The molecule has 8 aromatic rings. The van der Waals surface area contributed by atoms with Crippen LogP contribution in [0.25, 0.3) is 0 Å². The normalized spacial score (nSPS) is 22.6. The van der Waals surface area contributed by atoms with Gasteiger partial charge in [-0.15, -0.1) is 0 Å². The Balaban J connectivity index is 1.21. The van der Waals surface area contributed by atoms with Crippen molar-refractivity contribution in [2.24, 2.45) is 0 Å². The molecule has 0 aromatic heterocycles. The van der Waals surface area contributed by atoms with E-state index in [1.54, 1.807) is 121 Å². The maximum absolute atomic E-state index is 12.8. The Morgan fingerprint density at radius 3 is 1.01 bits per heavy atom. The van der Waals surface area contributed by atoms with Crippen LogP contribution in [0, 0.1) is 0 Å². The lowest BCUT2D eigenvalue weighted by atomic mass is 9.60. The molecule has 0 spiro atoms. The zero-order valence-electron chi connectivity index (χ0n) is 35.8. The molecular formula is C56H42O12. The van der Waals surface area contributed by atoms with Crippen LogP contribution in [-0.2, 0) is 0 Å². The molecule has 338 valence electrons. The quantitative estimate of drug-likeness (QED) is 0.0753. The first-order valence-corrected chi connectivity index (χ1v) is 22.2. The highest BCUT2D eigenvalue weighted by Gasteiger charge is 2.59. The molecule has 2 bridgehead atoms. The summed E-state index contributed by atoms with van der Waals surface area (Å²) < 4.78 is 13.8. The van der Waals surface area contributed by atoms with Crippen LogP contribution in [0.3, 0.4) is 0 Å². The third-order valence-electron chi connectivity index (χ3n) is 14.4. The van der Waals surface area contributed by atoms with Crippen molar-refractivity contribution < 1.29 is 60.5 Å². The van der Waals surface area contributed by atoms with Crippen molar-refractivity contribution in [3.05, 3.63) is 212 Å². The van der Waals surface area contributed by atoms with Gasteiger partial charge in [-0.3, -0.25) is 0 Å². The first-order valence-electron chi connectivity index (χ1n) is 22.2. The first kappa shape index (κ1) is 40.8. The molecule has 0 saturated carbocycles. The van der Waals surface area contributed by atoms with Crippen molar-refractivity contribution in [3.63, 3.8) is 0 Å². The predicted octanol–water partition coefficient (Wildman–Crippen LogP) is 10.4. The maximum atomic E-state index is 12.8. The molecule has 0 fully saturated rings. The molecule has 68 heavy (non-hydrogen) atoms. The number of aromatic hydroxyl groups is 10. The molecule has 0 amide bonds. The van der Waals surface area contributed by atoms with Gasteiger partial charge < -0.3 is 60.5 Å². The van der Waals surface area contributed by atoms with Crippen molar-refractivity contribution in [1.82, 2.24) is 0 Å². The molecule has 0 saturated heterocycles. The summed E-state index contributed by atoms with van der Waals surface area (Å²) in [4.78, 5) is 0. The monoisotopic (exact) mass is 906 g/mol. The Morgan fingerprint density at radius 2 is 0.603 bits per heavy atom. The molecule has 0 radical (unpaired) electrons. The summed E-state index contributed by atoms with van der Waals surface area (Å²) in [7, 11) is 0. The summed E-state index contributed by atoms with van der Waals surface area (Å²) >= 11 is 0. The zero-order chi connectivity index (χ0) is 46.9. The van der Waals surface area contributed by atoms with E-state index in [0.717, 1.165) is 5.56 Å². The van der Waals surface area contributed by atoms with Crippen LogP contribution in [0.1, 0.15) is 114 Å². The second-order valence-electron chi connectivity index (χ2n) is 18.2. The summed E-state index contributed by atoms with van der Waals surface area (Å²) in [5.41, 5.74) is 7.46. The van der Waals surface area contributed by atoms with Gasteiger partial charge in [0.05, 0.1) is 11.8 Å². The van der Waals surface area contributed by atoms with E-state index in [-0.39, 0.29) is 57.5 Å². The van der Waals surface area contributed by atoms with Crippen molar-refractivity contribution in [1.29, 1.82) is 0 Å². The summed E-state index contributed by atoms with van der Waals surface area (Å²) in [6, 6.07) is 38.6. The highest BCUT2D eigenvalue weighted by molar-refractivity contribution is 5.76. The Labute approximate surface area is 388 Å². The van der Waals surface area contributed by atoms with E-state index < -0.39 is 47.7 Å². The standard InChI is InChI=1S/C56H42O12/c57-31-9-1-25(2-10-31)43-47-39(65)23-41-49(45(29-17-35(61)21-36(62)18-29)55(67-41)27-5-13-33(59)14-6-27)53(47)52-44(26-3-11-32(58)12-4-26)51(43)54-48(52)40(66)24-42-50(54)46(30-19-37(63)22-38(64)20-30)56(68-42)28-7-15-34(60)16-8-28/h1-24,43-46,51-52,55-66H/t43-,44+,45-,46-,51+,52-,55+,56-/m0/s1. The Morgan fingerprint density at radius 1 is 0.250 bits per heavy atom. The smallest absolute Gasteiger partial charge is 0.135 e. The third-order valence-corrected chi connectivity index (χ3v) is 14.4. The highest BCUT2D eigenvalue weighted by Crippen LogP contribution is 2.74. The summed E-state index contributed by atoms with van der Waals surface area (Å²) in [5, 5.41) is 112. The van der Waals surface area contributed by atoms with E-state index in [1.165, 1.54) is 12.1 Å². The van der Waals surface area contributed by atoms with Gasteiger partial charge in [0, 0.05) is 70.2 Å². The molecule has 2 aliphatic carbocycles. The lowest BCUT2D eigenvalue weighted by Gasteiger charge is -2.41. The number of fused-ring (bicyclic) bond motifs is 11. The lowest BCUT2D eigenvalue weighted by molar-refractivity contribution is 0.221. The molecule has 12 nitrogen and oxygen atoms in total. The number of ether oxygens (including phenoxy) is 2. The molecule has 4 aliphatic rings. The Hall–Kier alpha value is -8.64. The van der Waals surface area contributed by atoms with E-state index in [9.17, 15) is 51.1 Å². The fourth-order valence-corrected chi connectivity index (χ4v) is 12.0. The molecule has 8 atom stereocenters. The number of phenols is 10. The van der Waals surface area contributed by atoms with Gasteiger partial charge in [0.1, 0.15) is 81.2 Å². The molecule has 0 unspecified atom stereocenters. The van der Waals surface area contributed by atoms with Crippen LogP contribution in [0.2, 0.25) is 0 Å². The molecule has 10 N–H and O–H groups in total. The van der Waals surface area contributed by atoms with Gasteiger partial charge in [-0.05, 0) is 117 Å². The summed E-state index contributed by atoms with van der Waals surface area (Å²) in [6.45, 7) is 0. The number of rotatable bonds is 6. The maximum Gasteiger partial charge on any atom is 0.135 e. The Bertz CT molecular complexity index is 3290. The van der Waals surface area contributed by atoms with Crippen LogP contribution in [0.5, 0.6) is 69.0 Å². The van der Waals surface area contributed by atoms with Crippen LogP contribution in [-0.4, -0.2) is 51.1 Å². The topological polar surface area (TPSA) is 221 Å². The average Bonchev–Trinajstić information content (AvgIpc) is 3.95. The van der Waals surface area contributed by atoms with Crippen molar-refractivity contribution in [2.75, 3.05) is 0 Å². The van der Waals surface area contributed by atoms with E-state index in [1.807, 2.05) is 12.1 Å². The predicted molar refractivity (Wildman–Crippen MR) is 248 cm³/mol. The summed E-state index contributed by atoms with van der Waals surface area (Å²) in [6.07, 6.45) is -1.61. The van der Waals surface area contributed by atoms with Crippen molar-refractivity contribution in [3.8, 4) is 69.0 Å². The number of phenolic OH excluding ortho intramolecular Hbond substituents is 10. The van der Waals surface area contributed by atoms with E-state index >= 15 is 0 Å². The van der Waals surface area contributed by atoms with Gasteiger partial charge in [-0.25, -0.2) is 0 Å². The van der Waals surface area contributed by atoms with Crippen molar-refractivity contribution >= 4 is 0 Å². The molecule has 12 heteroatoms. The number of hydrogen-bond donors (Lipinski definition) is 10. The number of benzene rings is 8. The molecule has 8 aromatic carbocycles. The van der Waals surface area contributed by atoms with Crippen LogP contribution in [0.15, 0.2) is 146 Å². The first-order chi connectivity index (χ1) is 32.8. The molecule has 2 heterocycles. The van der Waals surface area contributed by atoms with Gasteiger partial charge in [0.2, 0.25) is 0 Å². The van der Waals surface area contributed by atoms with Gasteiger partial charge >= 0.3 is 0 Å². The third kappa shape index (κ3) is 6.20. The fourth-order valence-electron chi connectivity index (χ4n) is 12.0. The van der Waals surface area contributed by atoms with Crippen LogP contribution >= 0.6 is 0 Å². The zero-order valence-corrected chi connectivity index (χ0v) is 35.8. The Kier molecular flexibility index (Phi) is 8.97. The molecule has 12 rings (SSSR count). The highest BCUT2D eigenvalue weighted by atomic mass is 16.5. The minimum atomic E-state index is -0.813. The summed E-state index contributed by atoms with van der Waals surface area (Å²) in [5.74, 6) is -4.30. The molecular weight excluding hydrogens is 865 g/mol. The largest absolute Gasteiger partial charge is 0.508 e. The fraction of sp³-hybridized carbons (Fsp3) is 0.143.